The van der Waals surface area contributed by atoms with Gasteiger partial charge < -0.3 is 9.90 Å². The van der Waals surface area contributed by atoms with Crippen LogP contribution in [0.1, 0.15) is 64.7 Å². The first-order valence-corrected chi connectivity index (χ1v) is 9.00. The first-order valence-electron chi connectivity index (χ1n) is 9.00. The van der Waals surface area contributed by atoms with E-state index in [2.05, 4.69) is 24.1 Å². The summed E-state index contributed by atoms with van der Waals surface area (Å²) in [5, 5.41) is 22.4. The monoisotopic (exact) mass is 351 g/mol. The number of carbonyl (C=O) groups is 1. The topological polar surface area (TPSA) is 78.8 Å². The van der Waals surface area contributed by atoms with Gasteiger partial charge in [-0.2, -0.15) is 4.89 Å². The fourth-order valence-corrected chi connectivity index (χ4v) is 2.07. The molecule has 142 valence electrons. The molecule has 0 saturated carbocycles. The molecular weight excluding hydrogens is 320 g/mol. The summed E-state index contributed by atoms with van der Waals surface area (Å²) in [6.45, 7) is 2.20. The maximum Gasteiger partial charge on any atom is 0.118 e. The third-order valence-electron chi connectivity index (χ3n) is 3.44. The summed E-state index contributed by atoms with van der Waals surface area (Å²) < 4.78 is 0. The van der Waals surface area contributed by atoms with Crippen molar-refractivity contribution >= 4 is 5.97 Å². The van der Waals surface area contributed by atoms with Gasteiger partial charge in [-0.1, -0.05) is 73.4 Å². The van der Waals surface area contributed by atoms with E-state index in [-0.39, 0.29) is 6.42 Å². The first-order chi connectivity index (χ1) is 12.2. The predicted octanol–water partition coefficient (Wildman–Crippen LogP) is 4.28. The van der Waals surface area contributed by atoms with Crippen LogP contribution in [0, 0.1) is 0 Å². The van der Waals surface area contributed by atoms with Crippen LogP contribution in [0.25, 0.3) is 0 Å². The number of carboxylic acids is 1. The highest BCUT2D eigenvalue weighted by molar-refractivity contribution is 5.64. The highest BCUT2D eigenvalue weighted by atomic mass is 17.5. The van der Waals surface area contributed by atoms with Gasteiger partial charge >= 0.3 is 0 Å². The maximum absolute atomic E-state index is 10.3. The molecule has 0 saturated heterocycles. The second-order valence-electron chi connectivity index (χ2n) is 5.70. The number of allylic oxidation sites excluding steroid dienone is 6. The average molecular weight is 351 g/mol. The van der Waals surface area contributed by atoms with Gasteiger partial charge in [-0.05, 0) is 44.9 Å². The van der Waals surface area contributed by atoms with Crippen LogP contribution in [0.4, 0.5) is 0 Å². The van der Waals surface area contributed by atoms with Gasteiger partial charge in [0.2, 0.25) is 0 Å². The van der Waals surface area contributed by atoms with Gasteiger partial charge in [0.05, 0.1) is 0 Å². The van der Waals surface area contributed by atoms with Crippen molar-refractivity contribution in [2.45, 2.75) is 70.8 Å². The summed E-state index contributed by atoms with van der Waals surface area (Å²) in [4.78, 5) is 15.0. The summed E-state index contributed by atoms with van der Waals surface area (Å²) in [7, 11) is 0. The van der Waals surface area contributed by atoms with Crippen LogP contribution in [0.15, 0.2) is 48.6 Å². The standard InChI is InChI=1S/C20H32O5/c1-2-3-4-5-6-7-8-9-10-13-16-19(24-25-23)17-14-11-12-15-18-20(21)22/h6-7,9-11,13-14,16,19,23H,2-5,8,12,15,17-18H2,1H3,(H,21,22)/p-1/b7-6-,10-9-,14-11-,16-13+/t19-/m0/s1. The summed E-state index contributed by atoms with van der Waals surface area (Å²) in [6.07, 6.45) is 22.9. The van der Waals surface area contributed by atoms with E-state index in [1.807, 2.05) is 30.4 Å². The molecular formula is C20H31O5-. The van der Waals surface area contributed by atoms with Crippen molar-refractivity contribution in [1.82, 2.24) is 0 Å². The molecule has 0 unspecified atom stereocenters. The van der Waals surface area contributed by atoms with E-state index in [4.69, 9.17) is 10.1 Å². The number of carboxylic acid groups (broad SMARTS) is 1. The fraction of sp³-hybridized carbons (Fsp3) is 0.550. The van der Waals surface area contributed by atoms with Crippen molar-refractivity contribution in [3.8, 4) is 0 Å². The van der Waals surface area contributed by atoms with Crippen molar-refractivity contribution in [3.63, 3.8) is 0 Å². The molecule has 0 aliphatic rings. The van der Waals surface area contributed by atoms with Crippen LogP contribution >= 0.6 is 0 Å². The Bertz CT molecular complexity index is 424. The van der Waals surface area contributed by atoms with Gasteiger partial charge in [-0.3, -0.25) is 0 Å². The molecule has 0 spiro atoms. The van der Waals surface area contributed by atoms with Gasteiger partial charge in [-0.25, -0.2) is 5.26 Å². The Balaban J connectivity index is 3.95. The van der Waals surface area contributed by atoms with Crippen LogP contribution in [0.5, 0.6) is 0 Å². The summed E-state index contributed by atoms with van der Waals surface area (Å²) in [5.41, 5.74) is 0. The molecule has 0 aromatic rings. The normalized spacial score (nSPS) is 13.7. The van der Waals surface area contributed by atoms with E-state index in [1.54, 1.807) is 6.08 Å². The number of unbranched alkanes of at least 4 members (excludes halogenated alkanes) is 4. The number of carbonyl (C=O) groups excluding carboxylic acids is 1. The highest BCUT2D eigenvalue weighted by Gasteiger charge is 2.02. The van der Waals surface area contributed by atoms with Crippen LogP contribution < -0.4 is 5.11 Å². The second-order valence-corrected chi connectivity index (χ2v) is 5.70. The molecule has 5 nitrogen and oxygen atoms in total. The van der Waals surface area contributed by atoms with Crippen molar-refractivity contribution in [2.75, 3.05) is 0 Å². The Kier molecular flexibility index (Phi) is 17.4. The summed E-state index contributed by atoms with van der Waals surface area (Å²) >= 11 is 0. The molecule has 25 heavy (non-hydrogen) atoms. The van der Waals surface area contributed by atoms with Crippen LogP contribution in [-0.4, -0.2) is 17.3 Å². The Hall–Kier alpha value is -1.69. The van der Waals surface area contributed by atoms with Crippen LogP contribution in [0.2, 0.25) is 0 Å². The van der Waals surface area contributed by atoms with Gasteiger partial charge in [0, 0.05) is 5.97 Å². The maximum atomic E-state index is 10.3. The minimum Gasteiger partial charge on any atom is -0.550 e. The third-order valence-corrected chi connectivity index (χ3v) is 3.44. The molecule has 1 atom stereocenters. The van der Waals surface area contributed by atoms with E-state index in [1.165, 1.54) is 19.3 Å². The molecule has 0 aliphatic heterocycles. The molecule has 0 fully saturated rings. The zero-order chi connectivity index (χ0) is 18.6. The molecule has 1 N–H and O–H groups in total. The molecule has 0 aromatic carbocycles. The molecule has 0 aromatic heterocycles. The summed E-state index contributed by atoms with van der Waals surface area (Å²) in [5.74, 6) is -1.03. The third kappa shape index (κ3) is 18.5. The SMILES string of the molecule is CCCCC/C=C\C/C=C\C=C\[C@@H](C/C=C\CCCC(=O)[O-])OOO. The van der Waals surface area contributed by atoms with Gasteiger partial charge in [0.15, 0.2) is 0 Å². The lowest BCUT2D eigenvalue weighted by molar-refractivity contribution is -0.500. The Labute approximate surface area is 151 Å². The van der Waals surface area contributed by atoms with E-state index in [0.717, 1.165) is 12.8 Å². The predicted molar refractivity (Wildman–Crippen MR) is 97.4 cm³/mol. The lowest BCUT2D eigenvalue weighted by Crippen LogP contribution is -2.21. The number of aliphatic carboxylic acids is 1. The zero-order valence-corrected chi connectivity index (χ0v) is 15.1. The Morgan fingerprint density at radius 1 is 1.04 bits per heavy atom. The van der Waals surface area contributed by atoms with Crippen molar-refractivity contribution < 1.29 is 25.1 Å². The fourth-order valence-electron chi connectivity index (χ4n) is 2.07. The quantitative estimate of drug-likeness (QED) is 0.148. The van der Waals surface area contributed by atoms with Gasteiger partial charge in [0.1, 0.15) is 6.10 Å². The smallest absolute Gasteiger partial charge is 0.118 e. The highest BCUT2D eigenvalue weighted by Crippen LogP contribution is 2.05. The van der Waals surface area contributed by atoms with Crippen LogP contribution in [0.3, 0.4) is 0 Å². The lowest BCUT2D eigenvalue weighted by Gasteiger charge is -2.06. The Morgan fingerprint density at radius 3 is 2.52 bits per heavy atom. The van der Waals surface area contributed by atoms with Crippen molar-refractivity contribution in [2.24, 2.45) is 0 Å². The second kappa shape index (κ2) is 18.6. The largest absolute Gasteiger partial charge is 0.550 e. The molecule has 0 rings (SSSR count). The molecule has 0 aliphatic carbocycles. The minimum atomic E-state index is -1.03. The van der Waals surface area contributed by atoms with E-state index >= 15 is 0 Å². The van der Waals surface area contributed by atoms with E-state index < -0.39 is 12.1 Å². The van der Waals surface area contributed by atoms with Crippen molar-refractivity contribution in [3.05, 3.63) is 48.6 Å². The zero-order valence-electron chi connectivity index (χ0n) is 15.1. The lowest BCUT2D eigenvalue weighted by atomic mass is 10.1. The number of hydrogen-bond donors (Lipinski definition) is 1. The molecule has 0 bridgehead atoms. The molecule has 0 heterocycles. The molecule has 0 radical (unpaired) electrons. The average Bonchev–Trinajstić information content (AvgIpc) is 2.59. The van der Waals surface area contributed by atoms with E-state index in [9.17, 15) is 9.90 Å². The first kappa shape index (κ1) is 23.3. The Morgan fingerprint density at radius 2 is 1.80 bits per heavy atom. The van der Waals surface area contributed by atoms with Gasteiger partial charge in [0.25, 0.3) is 0 Å². The molecule has 5 heteroatoms. The number of rotatable bonds is 16. The van der Waals surface area contributed by atoms with Crippen LogP contribution in [-0.2, 0) is 14.7 Å². The van der Waals surface area contributed by atoms with Gasteiger partial charge in [-0.15, -0.1) is 0 Å². The van der Waals surface area contributed by atoms with Crippen molar-refractivity contribution in [1.29, 1.82) is 0 Å². The molecule has 0 amide bonds. The summed E-state index contributed by atoms with van der Waals surface area (Å²) in [6, 6.07) is 0. The number of hydrogen-bond acceptors (Lipinski definition) is 5. The van der Waals surface area contributed by atoms with E-state index in [0.29, 0.717) is 19.3 Å². The minimum absolute atomic E-state index is 0.0573.